The zero-order valence-corrected chi connectivity index (χ0v) is 12.7. The molecule has 0 fully saturated rings. The Morgan fingerprint density at radius 2 is 1.63 bits per heavy atom. The third-order valence-electron chi connectivity index (χ3n) is 3.04. The van der Waals surface area contributed by atoms with Gasteiger partial charge in [0, 0.05) is 25.7 Å². The van der Waals surface area contributed by atoms with Crippen molar-refractivity contribution in [3.63, 3.8) is 0 Å². The third-order valence-corrected chi connectivity index (χ3v) is 3.04. The summed E-state index contributed by atoms with van der Waals surface area (Å²) in [6.07, 6.45) is -3.96. The van der Waals surface area contributed by atoms with Crippen molar-refractivity contribution in [1.29, 1.82) is 0 Å². The van der Waals surface area contributed by atoms with Gasteiger partial charge < -0.3 is 10.6 Å². The van der Waals surface area contributed by atoms with Crippen LogP contribution in [0.4, 0.5) is 13.2 Å². The molecule has 0 aliphatic heterocycles. The molecule has 19 heavy (non-hydrogen) atoms. The van der Waals surface area contributed by atoms with Crippen molar-refractivity contribution >= 4 is 0 Å². The van der Waals surface area contributed by atoms with Gasteiger partial charge in [0.25, 0.3) is 0 Å². The first kappa shape index (κ1) is 18.7. The lowest BCUT2D eigenvalue weighted by Gasteiger charge is -2.38. The maximum absolute atomic E-state index is 13.2. The number of nitrogens with two attached hydrogens (primary N) is 1. The van der Waals surface area contributed by atoms with E-state index in [2.05, 4.69) is 0 Å². The summed E-state index contributed by atoms with van der Waals surface area (Å²) in [5.74, 6) is 0.177. The largest absolute Gasteiger partial charge is 0.405 e. The van der Waals surface area contributed by atoms with Crippen molar-refractivity contribution in [2.75, 3.05) is 33.7 Å². The van der Waals surface area contributed by atoms with E-state index in [-0.39, 0.29) is 5.92 Å². The third kappa shape index (κ3) is 7.13. The Morgan fingerprint density at radius 1 is 1.11 bits per heavy atom. The Kier molecular flexibility index (Phi) is 7.93. The monoisotopic (exact) mass is 283 g/mol. The Morgan fingerprint density at radius 3 is 1.95 bits per heavy atom. The topological polar surface area (TPSA) is 32.5 Å². The number of nitrogens with zero attached hydrogens (tertiary/aromatic N) is 2. The molecular formula is C13H28F3N3. The molecule has 0 aromatic heterocycles. The zero-order chi connectivity index (χ0) is 15.2. The highest BCUT2D eigenvalue weighted by Gasteiger charge is 2.46. The van der Waals surface area contributed by atoms with Gasteiger partial charge >= 0.3 is 6.18 Å². The van der Waals surface area contributed by atoms with Gasteiger partial charge in [0.2, 0.25) is 0 Å². The molecule has 0 radical (unpaired) electrons. The number of rotatable bonds is 8. The van der Waals surface area contributed by atoms with Gasteiger partial charge in [0.15, 0.2) is 0 Å². The second kappa shape index (κ2) is 8.07. The molecule has 0 aromatic carbocycles. The molecule has 116 valence electrons. The van der Waals surface area contributed by atoms with Crippen LogP contribution >= 0.6 is 0 Å². The summed E-state index contributed by atoms with van der Waals surface area (Å²) in [5, 5.41) is 0. The number of halogens is 3. The number of hydrogen-bond donors (Lipinski definition) is 1. The van der Waals surface area contributed by atoms with E-state index in [0.717, 1.165) is 0 Å². The van der Waals surface area contributed by atoms with Gasteiger partial charge in [-0.1, -0.05) is 20.8 Å². The molecule has 0 rings (SSSR count). The van der Waals surface area contributed by atoms with Crippen LogP contribution in [0.15, 0.2) is 0 Å². The average molecular weight is 283 g/mol. The molecule has 0 aliphatic carbocycles. The van der Waals surface area contributed by atoms with E-state index >= 15 is 0 Å². The van der Waals surface area contributed by atoms with Crippen molar-refractivity contribution in [3.8, 4) is 0 Å². The lowest BCUT2D eigenvalue weighted by Crippen LogP contribution is -2.57. The Hall–Kier alpha value is -0.330. The van der Waals surface area contributed by atoms with Crippen LogP contribution in [0.25, 0.3) is 0 Å². The molecule has 2 atom stereocenters. The number of likely N-dealkylation sites (N-methyl/N-ethyl adjacent to an activating group) is 1. The molecule has 2 unspecified atom stereocenters. The van der Waals surface area contributed by atoms with Gasteiger partial charge in [-0.2, -0.15) is 13.2 Å². The summed E-state index contributed by atoms with van der Waals surface area (Å²) in [6.45, 7) is 6.93. The van der Waals surface area contributed by atoms with Crippen molar-refractivity contribution < 1.29 is 13.2 Å². The molecule has 0 heterocycles. The summed E-state index contributed by atoms with van der Waals surface area (Å²) in [6, 6.07) is -2.43. The smallest absolute Gasteiger partial charge is 0.326 e. The van der Waals surface area contributed by atoms with Gasteiger partial charge in [-0.25, -0.2) is 0 Å². The van der Waals surface area contributed by atoms with Crippen molar-refractivity contribution in [3.05, 3.63) is 0 Å². The molecule has 0 aliphatic rings. The second-order valence-electron chi connectivity index (χ2n) is 5.75. The molecule has 3 nitrogen and oxygen atoms in total. The summed E-state index contributed by atoms with van der Waals surface area (Å²) >= 11 is 0. The van der Waals surface area contributed by atoms with Crippen LogP contribution < -0.4 is 5.73 Å². The summed E-state index contributed by atoms with van der Waals surface area (Å²) in [7, 11) is 3.71. The average Bonchev–Trinajstić information content (AvgIpc) is 2.22. The first-order valence-electron chi connectivity index (χ1n) is 6.80. The van der Waals surface area contributed by atoms with Crippen molar-refractivity contribution in [2.24, 2.45) is 11.7 Å². The minimum absolute atomic E-state index is 0.177. The maximum Gasteiger partial charge on any atom is 0.405 e. The van der Waals surface area contributed by atoms with Crippen LogP contribution in [0.1, 0.15) is 27.2 Å². The van der Waals surface area contributed by atoms with E-state index in [1.807, 2.05) is 32.8 Å². The molecule has 2 N–H and O–H groups in total. The second-order valence-corrected chi connectivity index (χ2v) is 5.75. The lowest BCUT2D eigenvalue weighted by atomic mass is 10.0. The highest BCUT2D eigenvalue weighted by atomic mass is 19.4. The molecule has 0 spiro atoms. The van der Waals surface area contributed by atoms with Crippen LogP contribution in [0.5, 0.6) is 0 Å². The van der Waals surface area contributed by atoms with E-state index in [1.165, 1.54) is 4.90 Å². The lowest BCUT2D eigenvalue weighted by molar-refractivity contribution is -0.191. The molecular weight excluding hydrogens is 255 g/mol. The summed E-state index contributed by atoms with van der Waals surface area (Å²) < 4.78 is 39.7. The number of alkyl halides is 3. The molecule has 0 aromatic rings. The minimum Gasteiger partial charge on any atom is -0.326 e. The van der Waals surface area contributed by atoms with E-state index in [1.54, 1.807) is 6.92 Å². The molecule has 0 amide bonds. The van der Waals surface area contributed by atoms with E-state index in [0.29, 0.717) is 26.1 Å². The van der Waals surface area contributed by atoms with Crippen LogP contribution in [0.3, 0.4) is 0 Å². The van der Waals surface area contributed by atoms with Gasteiger partial charge in [0.1, 0.15) is 6.04 Å². The fraction of sp³-hybridized carbons (Fsp3) is 1.00. The van der Waals surface area contributed by atoms with Gasteiger partial charge in [-0.15, -0.1) is 0 Å². The zero-order valence-electron chi connectivity index (χ0n) is 12.7. The predicted octanol–water partition coefficient (Wildman–Crippen LogP) is 2.17. The van der Waals surface area contributed by atoms with E-state index in [4.69, 9.17) is 5.73 Å². The highest BCUT2D eigenvalue weighted by molar-refractivity contribution is 4.88. The normalized spacial score (nSPS) is 16.4. The van der Waals surface area contributed by atoms with Crippen LogP contribution in [0.2, 0.25) is 0 Å². The Bertz CT molecular complexity index is 242. The Labute approximate surface area is 114 Å². The van der Waals surface area contributed by atoms with Crippen molar-refractivity contribution in [1.82, 2.24) is 9.80 Å². The SMILES string of the molecule is CCC(N)C(N(CCN(C)C)CC(C)C)C(F)(F)F. The first-order valence-corrected chi connectivity index (χ1v) is 6.80. The standard InChI is InChI=1S/C13H28F3N3/c1-6-11(17)12(13(14,15)16)19(9-10(2)3)8-7-18(4)5/h10-12H,6-9,17H2,1-5H3. The molecule has 0 bridgehead atoms. The minimum atomic E-state index is -4.28. The molecule has 0 saturated carbocycles. The fourth-order valence-electron chi connectivity index (χ4n) is 2.09. The van der Waals surface area contributed by atoms with Gasteiger partial charge in [-0.05, 0) is 26.4 Å². The van der Waals surface area contributed by atoms with Gasteiger partial charge in [0.05, 0.1) is 0 Å². The maximum atomic E-state index is 13.2. The molecule has 6 heteroatoms. The quantitative estimate of drug-likeness (QED) is 0.741. The van der Waals surface area contributed by atoms with Crippen LogP contribution in [-0.2, 0) is 0 Å². The Balaban J connectivity index is 5.00. The summed E-state index contributed by atoms with van der Waals surface area (Å²) in [4.78, 5) is 3.37. The van der Waals surface area contributed by atoms with E-state index in [9.17, 15) is 13.2 Å². The molecule has 0 saturated heterocycles. The predicted molar refractivity (Wildman–Crippen MR) is 73.1 cm³/mol. The fourth-order valence-corrected chi connectivity index (χ4v) is 2.09. The number of hydrogen-bond acceptors (Lipinski definition) is 3. The summed E-state index contributed by atoms with van der Waals surface area (Å²) in [5.41, 5.74) is 5.71. The van der Waals surface area contributed by atoms with Crippen LogP contribution in [0, 0.1) is 5.92 Å². The highest BCUT2D eigenvalue weighted by Crippen LogP contribution is 2.28. The van der Waals surface area contributed by atoms with Gasteiger partial charge in [-0.3, -0.25) is 4.90 Å². The van der Waals surface area contributed by atoms with Crippen LogP contribution in [-0.4, -0.2) is 61.8 Å². The van der Waals surface area contributed by atoms with Crippen molar-refractivity contribution in [2.45, 2.75) is 45.5 Å². The first-order chi connectivity index (χ1) is 8.59. The van der Waals surface area contributed by atoms with E-state index < -0.39 is 18.3 Å².